The van der Waals surface area contributed by atoms with Crippen LogP contribution >= 0.6 is 15.9 Å². The molecule has 0 amide bonds. The van der Waals surface area contributed by atoms with E-state index in [1.807, 2.05) is 0 Å². The number of aryl methyl sites for hydroxylation is 2. The summed E-state index contributed by atoms with van der Waals surface area (Å²) < 4.78 is 6.90. The molecule has 17 heavy (non-hydrogen) atoms. The van der Waals surface area contributed by atoms with Crippen LogP contribution in [-0.2, 0) is 0 Å². The summed E-state index contributed by atoms with van der Waals surface area (Å²) >= 11 is 3.55. The van der Waals surface area contributed by atoms with E-state index in [1.54, 1.807) is 0 Å². The average molecular weight is 300 g/mol. The first kappa shape index (κ1) is 14.5. The summed E-state index contributed by atoms with van der Waals surface area (Å²) in [6, 6.07) is 4.13. The van der Waals surface area contributed by atoms with E-state index in [0.29, 0.717) is 6.61 Å². The Kier molecular flexibility index (Phi) is 5.02. The van der Waals surface area contributed by atoms with Crippen molar-refractivity contribution in [2.45, 2.75) is 40.2 Å². The zero-order valence-corrected chi connectivity index (χ0v) is 12.9. The van der Waals surface area contributed by atoms with Gasteiger partial charge in [-0.3, -0.25) is 0 Å². The molecule has 1 aromatic rings. The van der Waals surface area contributed by atoms with E-state index in [9.17, 15) is 0 Å². The van der Waals surface area contributed by atoms with E-state index in [-0.39, 0.29) is 5.54 Å². The molecule has 2 nitrogen and oxygen atoms in total. The van der Waals surface area contributed by atoms with Crippen LogP contribution in [0.25, 0.3) is 0 Å². The number of nitrogens with one attached hydrogen (secondary N) is 1. The van der Waals surface area contributed by atoms with Gasteiger partial charge in [-0.25, -0.2) is 0 Å². The Labute approximate surface area is 113 Å². The summed E-state index contributed by atoms with van der Waals surface area (Å²) in [7, 11) is 0. The predicted octanol–water partition coefficient (Wildman–Crippen LogP) is 3.83. The van der Waals surface area contributed by atoms with Gasteiger partial charge in [0.05, 0.1) is 0 Å². The lowest BCUT2D eigenvalue weighted by Crippen LogP contribution is -2.38. The Morgan fingerprint density at radius 2 is 1.71 bits per heavy atom. The predicted molar refractivity (Wildman–Crippen MR) is 76.9 cm³/mol. The Morgan fingerprint density at radius 1 is 1.18 bits per heavy atom. The lowest BCUT2D eigenvalue weighted by atomic mass is 10.1. The lowest BCUT2D eigenvalue weighted by molar-refractivity contribution is 0.290. The second-order valence-electron chi connectivity index (χ2n) is 5.40. The van der Waals surface area contributed by atoms with Gasteiger partial charge in [0.1, 0.15) is 12.4 Å². The third-order valence-electron chi connectivity index (χ3n) is 2.44. The summed E-state index contributed by atoms with van der Waals surface area (Å²) in [5.74, 6) is 0.943. The first-order chi connectivity index (χ1) is 7.79. The lowest BCUT2D eigenvalue weighted by Gasteiger charge is -2.20. The highest BCUT2D eigenvalue weighted by Crippen LogP contribution is 2.26. The average Bonchev–Trinajstić information content (AvgIpc) is 2.19. The van der Waals surface area contributed by atoms with E-state index in [2.05, 4.69) is 68.0 Å². The van der Waals surface area contributed by atoms with Gasteiger partial charge in [-0.1, -0.05) is 15.9 Å². The van der Waals surface area contributed by atoms with Crippen LogP contribution in [0.5, 0.6) is 5.75 Å². The maximum absolute atomic E-state index is 5.73. The molecular weight excluding hydrogens is 278 g/mol. The zero-order chi connectivity index (χ0) is 13.1. The Balaban J connectivity index is 2.48. The van der Waals surface area contributed by atoms with Crippen LogP contribution in [0.3, 0.4) is 0 Å². The van der Waals surface area contributed by atoms with Gasteiger partial charge < -0.3 is 10.1 Å². The van der Waals surface area contributed by atoms with E-state index >= 15 is 0 Å². The van der Waals surface area contributed by atoms with E-state index in [4.69, 9.17) is 4.74 Å². The van der Waals surface area contributed by atoms with E-state index in [1.165, 1.54) is 11.1 Å². The summed E-state index contributed by atoms with van der Waals surface area (Å²) in [5.41, 5.74) is 2.57. The third-order valence-corrected chi connectivity index (χ3v) is 3.69. The largest absolute Gasteiger partial charge is 0.492 e. The van der Waals surface area contributed by atoms with Crippen molar-refractivity contribution in [3.8, 4) is 5.75 Å². The van der Waals surface area contributed by atoms with Crippen LogP contribution in [0, 0.1) is 13.8 Å². The molecule has 1 N–H and O–H groups in total. The van der Waals surface area contributed by atoms with E-state index < -0.39 is 0 Å². The quantitative estimate of drug-likeness (QED) is 0.853. The van der Waals surface area contributed by atoms with Gasteiger partial charge in [0.15, 0.2) is 0 Å². The highest BCUT2D eigenvalue weighted by atomic mass is 79.9. The highest BCUT2D eigenvalue weighted by molar-refractivity contribution is 9.10. The van der Waals surface area contributed by atoms with Gasteiger partial charge in [-0.15, -0.1) is 0 Å². The number of benzene rings is 1. The van der Waals surface area contributed by atoms with E-state index in [0.717, 1.165) is 16.8 Å². The number of rotatable bonds is 4. The van der Waals surface area contributed by atoms with Crippen molar-refractivity contribution in [3.63, 3.8) is 0 Å². The molecule has 0 aliphatic rings. The molecule has 0 atom stereocenters. The van der Waals surface area contributed by atoms with Crippen LogP contribution in [0.4, 0.5) is 0 Å². The summed E-state index contributed by atoms with van der Waals surface area (Å²) in [6.45, 7) is 12.2. The first-order valence-corrected chi connectivity index (χ1v) is 6.73. The fraction of sp³-hybridized carbons (Fsp3) is 0.571. The molecule has 0 unspecified atom stereocenters. The second kappa shape index (κ2) is 5.87. The summed E-state index contributed by atoms with van der Waals surface area (Å²) in [5, 5.41) is 3.40. The normalized spacial score (nSPS) is 11.6. The van der Waals surface area contributed by atoms with Crippen molar-refractivity contribution in [1.82, 2.24) is 5.32 Å². The zero-order valence-electron chi connectivity index (χ0n) is 11.4. The number of halogens is 1. The molecule has 0 saturated heterocycles. The van der Waals surface area contributed by atoms with Crippen molar-refractivity contribution in [2.75, 3.05) is 13.2 Å². The van der Waals surface area contributed by atoms with Crippen molar-refractivity contribution < 1.29 is 4.74 Å². The Morgan fingerprint density at radius 3 is 2.18 bits per heavy atom. The third kappa shape index (κ3) is 5.09. The smallest absolute Gasteiger partial charge is 0.119 e. The van der Waals surface area contributed by atoms with Gasteiger partial charge in [-0.05, 0) is 57.9 Å². The number of hydrogen-bond acceptors (Lipinski definition) is 2. The van der Waals surface area contributed by atoms with Crippen molar-refractivity contribution in [1.29, 1.82) is 0 Å². The molecule has 96 valence electrons. The first-order valence-electron chi connectivity index (χ1n) is 5.94. The molecule has 0 bridgehead atoms. The van der Waals surface area contributed by atoms with Crippen LogP contribution in [-0.4, -0.2) is 18.7 Å². The minimum absolute atomic E-state index is 0.148. The van der Waals surface area contributed by atoms with Crippen LogP contribution in [0.1, 0.15) is 31.9 Å². The summed E-state index contributed by atoms with van der Waals surface area (Å²) in [6.07, 6.45) is 0. The van der Waals surface area contributed by atoms with Crippen LogP contribution in [0.2, 0.25) is 0 Å². The molecule has 0 aromatic heterocycles. The molecule has 1 rings (SSSR count). The summed E-state index contributed by atoms with van der Waals surface area (Å²) in [4.78, 5) is 0. The molecule has 1 aromatic carbocycles. The maximum Gasteiger partial charge on any atom is 0.119 e. The van der Waals surface area contributed by atoms with Crippen LogP contribution < -0.4 is 10.1 Å². The van der Waals surface area contributed by atoms with Crippen LogP contribution in [0.15, 0.2) is 16.6 Å². The minimum atomic E-state index is 0.148. The van der Waals surface area contributed by atoms with Crippen molar-refractivity contribution in [3.05, 3.63) is 27.7 Å². The standard InChI is InChI=1S/C14H22BrNO/c1-10-8-12(9-11(2)13(10)15)17-7-6-16-14(3,4)5/h8-9,16H,6-7H2,1-5H3. The van der Waals surface area contributed by atoms with Gasteiger partial charge in [0, 0.05) is 16.6 Å². The van der Waals surface area contributed by atoms with Gasteiger partial charge in [0.25, 0.3) is 0 Å². The Bertz CT molecular complexity index is 359. The monoisotopic (exact) mass is 299 g/mol. The van der Waals surface area contributed by atoms with Crippen molar-refractivity contribution >= 4 is 15.9 Å². The number of ether oxygens (including phenoxy) is 1. The van der Waals surface area contributed by atoms with Gasteiger partial charge >= 0.3 is 0 Å². The fourth-order valence-corrected chi connectivity index (χ4v) is 1.81. The molecule has 0 spiro atoms. The highest BCUT2D eigenvalue weighted by Gasteiger charge is 2.08. The SMILES string of the molecule is Cc1cc(OCCNC(C)(C)C)cc(C)c1Br. The molecule has 0 radical (unpaired) electrons. The van der Waals surface area contributed by atoms with Gasteiger partial charge in [-0.2, -0.15) is 0 Å². The molecule has 0 saturated carbocycles. The molecule has 3 heteroatoms. The topological polar surface area (TPSA) is 21.3 Å². The number of hydrogen-bond donors (Lipinski definition) is 1. The molecule has 0 aliphatic heterocycles. The Hall–Kier alpha value is -0.540. The molecular formula is C14H22BrNO. The van der Waals surface area contributed by atoms with Gasteiger partial charge in [0.2, 0.25) is 0 Å². The fourth-order valence-electron chi connectivity index (χ4n) is 1.58. The minimum Gasteiger partial charge on any atom is -0.492 e. The maximum atomic E-state index is 5.73. The molecule has 0 fully saturated rings. The van der Waals surface area contributed by atoms with Crippen molar-refractivity contribution in [2.24, 2.45) is 0 Å². The second-order valence-corrected chi connectivity index (χ2v) is 6.19. The molecule has 0 aliphatic carbocycles. The molecule has 0 heterocycles.